The smallest absolute Gasteiger partial charge is 0.276 e. The summed E-state index contributed by atoms with van der Waals surface area (Å²) < 4.78 is 11.0. The normalized spacial score (nSPS) is 10.3. The minimum absolute atomic E-state index is 0.221. The first kappa shape index (κ1) is 18.3. The first-order valence-electron chi connectivity index (χ1n) is 8.60. The van der Waals surface area contributed by atoms with Crippen LogP contribution in [0.15, 0.2) is 66.7 Å². The predicted molar refractivity (Wildman–Crippen MR) is 103 cm³/mol. The number of ether oxygens (including phenoxy) is 2. The molecule has 0 aliphatic carbocycles. The van der Waals surface area contributed by atoms with Crippen LogP contribution in [0, 0.1) is 0 Å². The largest absolute Gasteiger partial charge is 0.493 e. The van der Waals surface area contributed by atoms with E-state index in [1.807, 2.05) is 43.3 Å². The molecule has 2 N–H and O–H groups in total. The van der Waals surface area contributed by atoms with Crippen molar-refractivity contribution in [3.63, 3.8) is 0 Å². The maximum absolute atomic E-state index is 12.2. The Balaban J connectivity index is 1.56. The van der Waals surface area contributed by atoms with E-state index in [2.05, 4.69) is 10.9 Å². The van der Waals surface area contributed by atoms with E-state index < -0.39 is 11.8 Å². The zero-order valence-corrected chi connectivity index (χ0v) is 14.9. The summed E-state index contributed by atoms with van der Waals surface area (Å²) in [6, 6.07) is 20.2. The van der Waals surface area contributed by atoms with E-state index in [4.69, 9.17) is 9.47 Å². The number of para-hydroxylation sites is 1. The lowest BCUT2D eigenvalue weighted by molar-refractivity contribution is -0.123. The van der Waals surface area contributed by atoms with Gasteiger partial charge in [-0.3, -0.25) is 20.4 Å². The molecule has 3 aromatic carbocycles. The molecule has 0 aromatic heterocycles. The SMILES string of the molecule is CCOc1ccccc1C(=O)NNC(=O)COc1cccc2ccccc12. The van der Waals surface area contributed by atoms with Crippen molar-refractivity contribution in [3.8, 4) is 11.5 Å². The molecule has 6 heteroatoms. The number of hydrogen-bond donors (Lipinski definition) is 2. The molecule has 0 saturated carbocycles. The minimum atomic E-state index is -0.467. The molecular formula is C21H20N2O4. The highest BCUT2D eigenvalue weighted by atomic mass is 16.5. The molecule has 0 unspecified atom stereocenters. The van der Waals surface area contributed by atoms with Crippen molar-refractivity contribution in [2.24, 2.45) is 0 Å². The number of fused-ring (bicyclic) bond motifs is 1. The Morgan fingerprint density at radius 1 is 0.815 bits per heavy atom. The number of nitrogens with one attached hydrogen (secondary N) is 2. The molecule has 0 atom stereocenters. The molecule has 138 valence electrons. The number of hydrogen-bond acceptors (Lipinski definition) is 4. The Labute approximate surface area is 157 Å². The van der Waals surface area contributed by atoms with Crippen LogP contribution in [-0.4, -0.2) is 25.0 Å². The van der Waals surface area contributed by atoms with Crippen molar-refractivity contribution in [2.45, 2.75) is 6.92 Å². The van der Waals surface area contributed by atoms with E-state index in [1.165, 1.54) is 0 Å². The van der Waals surface area contributed by atoms with E-state index in [0.717, 1.165) is 10.8 Å². The number of carbonyl (C=O) groups is 2. The van der Waals surface area contributed by atoms with Crippen molar-refractivity contribution in [1.82, 2.24) is 10.9 Å². The van der Waals surface area contributed by atoms with E-state index in [9.17, 15) is 9.59 Å². The topological polar surface area (TPSA) is 76.7 Å². The number of hydrazine groups is 1. The molecule has 3 aromatic rings. The van der Waals surface area contributed by atoms with Gasteiger partial charge in [0.1, 0.15) is 11.5 Å². The molecule has 0 fully saturated rings. The summed E-state index contributed by atoms with van der Waals surface area (Å²) in [5.74, 6) is 0.137. The number of carbonyl (C=O) groups excluding carboxylic acids is 2. The molecule has 0 radical (unpaired) electrons. The molecule has 0 aliphatic rings. The first-order chi connectivity index (χ1) is 13.2. The standard InChI is InChI=1S/C21H20N2O4/c1-2-26-19-12-6-5-11-17(19)21(25)23-22-20(24)14-27-18-13-7-9-15-8-3-4-10-16(15)18/h3-13H,2,14H2,1H3,(H,22,24)(H,23,25). The van der Waals surface area contributed by atoms with E-state index in [-0.39, 0.29) is 6.61 Å². The quantitative estimate of drug-likeness (QED) is 0.659. The number of benzene rings is 3. The average Bonchev–Trinajstić information content (AvgIpc) is 2.71. The van der Waals surface area contributed by atoms with Crippen LogP contribution < -0.4 is 20.3 Å². The number of amides is 2. The fraction of sp³-hybridized carbons (Fsp3) is 0.143. The van der Waals surface area contributed by atoms with Crippen molar-refractivity contribution in [2.75, 3.05) is 13.2 Å². The Morgan fingerprint density at radius 3 is 2.37 bits per heavy atom. The summed E-state index contributed by atoms with van der Waals surface area (Å²) in [4.78, 5) is 24.3. The Hall–Kier alpha value is -3.54. The van der Waals surface area contributed by atoms with Crippen LogP contribution in [0.4, 0.5) is 0 Å². The van der Waals surface area contributed by atoms with E-state index in [1.54, 1.807) is 30.3 Å². The second kappa shape index (κ2) is 8.71. The van der Waals surface area contributed by atoms with Gasteiger partial charge >= 0.3 is 0 Å². The monoisotopic (exact) mass is 364 g/mol. The van der Waals surface area contributed by atoms with Crippen LogP contribution >= 0.6 is 0 Å². The van der Waals surface area contributed by atoms with Gasteiger partial charge in [0.25, 0.3) is 11.8 Å². The van der Waals surface area contributed by atoms with E-state index >= 15 is 0 Å². The average molecular weight is 364 g/mol. The van der Waals surface area contributed by atoms with Gasteiger partial charge in [-0.25, -0.2) is 0 Å². The van der Waals surface area contributed by atoms with Crippen LogP contribution in [-0.2, 0) is 4.79 Å². The van der Waals surface area contributed by atoms with Crippen LogP contribution in [0.25, 0.3) is 10.8 Å². The third kappa shape index (κ3) is 4.55. The summed E-state index contributed by atoms with van der Waals surface area (Å²) >= 11 is 0. The van der Waals surface area contributed by atoms with Crippen molar-refractivity contribution in [1.29, 1.82) is 0 Å². The fourth-order valence-corrected chi connectivity index (χ4v) is 2.63. The Morgan fingerprint density at radius 2 is 1.52 bits per heavy atom. The van der Waals surface area contributed by atoms with Crippen molar-refractivity contribution < 1.29 is 19.1 Å². The molecular weight excluding hydrogens is 344 g/mol. The lowest BCUT2D eigenvalue weighted by atomic mass is 10.1. The highest BCUT2D eigenvalue weighted by Gasteiger charge is 2.13. The Bertz CT molecular complexity index is 950. The maximum atomic E-state index is 12.2. The zero-order valence-electron chi connectivity index (χ0n) is 14.9. The third-order valence-electron chi connectivity index (χ3n) is 3.86. The van der Waals surface area contributed by atoms with Gasteiger partial charge in [-0.15, -0.1) is 0 Å². The summed E-state index contributed by atoms with van der Waals surface area (Å²) in [6.45, 7) is 2.05. The summed E-state index contributed by atoms with van der Waals surface area (Å²) in [5, 5.41) is 1.94. The van der Waals surface area contributed by atoms with Gasteiger partial charge in [-0.1, -0.05) is 48.5 Å². The minimum Gasteiger partial charge on any atom is -0.493 e. The molecule has 6 nitrogen and oxygen atoms in total. The maximum Gasteiger partial charge on any atom is 0.276 e. The van der Waals surface area contributed by atoms with Crippen molar-refractivity contribution >= 4 is 22.6 Å². The van der Waals surface area contributed by atoms with Gasteiger partial charge in [-0.05, 0) is 30.5 Å². The van der Waals surface area contributed by atoms with Gasteiger partial charge in [0, 0.05) is 5.39 Å². The summed E-state index contributed by atoms with van der Waals surface area (Å²) in [6.07, 6.45) is 0. The molecule has 0 bridgehead atoms. The molecule has 0 saturated heterocycles. The fourth-order valence-electron chi connectivity index (χ4n) is 2.63. The van der Waals surface area contributed by atoms with Crippen LogP contribution in [0.1, 0.15) is 17.3 Å². The van der Waals surface area contributed by atoms with Gasteiger partial charge in [0.15, 0.2) is 6.61 Å². The molecule has 27 heavy (non-hydrogen) atoms. The van der Waals surface area contributed by atoms with Crippen LogP contribution in [0.3, 0.4) is 0 Å². The van der Waals surface area contributed by atoms with Gasteiger partial charge in [0.2, 0.25) is 0 Å². The molecule has 0 spiro atoms. The molecule has 3 rings (SSSR count). The first-order valence-corrected chi connectivity index (χ1v) is 8.60. The Kier molecular flexibility index (Phi) is 5.89. The highest BCUT2D eigenvalue weighted by molar-refractivity contribution is 5.98. The summed E-state index contributed by atoms with van der Waals surface area (Å²) in [5.41, 5.74) is 5.06. The number of rotatable bonds is 6. The zero-order chi connectivity index (χ0) is 19.1. The van der Waals surface area contributed by atoms with Crippen LogP contribution in [0.5, 0.6) is 11.5 Å². The predicted octanol–water partition coefficient (Wildman–Crippen LogP) is 3.08. The van der Waals surface area contributed by atoms with Gasteiger partial charge < -0.3 is 9.47 Å². The molecule has 0 heterocycles. The van der Waals surface area contributed by atoms with Crippen molar-refractivity contribution in [3.05, 3.63) is 72.3 Å². The second-order valence-corrected chi connectivity index (χ2v) is 5.70. The molecule has 0 aliphatic heterocycles. The summed E-state index contributed by atoms with van der Waals surface area (Å²) in [7, 11) is 0. The second-order valence-electron chi connectivity index (χ2n) is 5.70. The third-order valence-corrected chi connectivity index (χ3v) is 3.86. The highest BCUT2D eigenvalue weighted by Crippen LogP contribution is 2.24. The van der Waals surface area contributed by atoms with Gasteiger partial charge in [0.05, 0.1) is 12.2 Å². The lowest BCUT2D eigenvalue weighted by Crippen LogP contribution is -2.43. The molecule has 2 amide bonds. The van der Waals surface area contributed by atoms with E-state index in [0.29, 0.717) is 23.7 Å². The van der Waals surface area contributed by atoms with Crippen LogP contribution in [0.2, 0.25) is 0 Å². The van der Waals surface area contributed by atoms with Gasteiger partial charge in [-0.2, -0.15) is 0 Å². The lowest BCUT2D eigenvalue weighted by Gasteiger charge is -2.12.